The van der Waals surface area contributed by atoms with E-state index in [4.69, 9.17) is 0 Å². The van der Waals surface area contributed by atoms with E-state index in [9.17, 15) is 23.1 Å². The van der Waals surface area contributed by atoms with Crippen molar-refractivity contribution in [2.24, 2.45) is 5.92 Å². The van der Waals surface area contributed by atoms with Crippen LogP contribution in [0.25, 0.3) is 0 Å². The summed E-state index contributed by atoms with van der Waals surface area (Å²) >= 11 is 0. The topological polar surface area (TPSA) is 37.3 Å². The molecule has 82 valence electrons. The summed E-state index contributed by atoms with van der Waals surface area (Å²) in [6.07, 6.45) is -4.44. The highest BCUT2D eigenvalue weighted by molar-refractivity contribution is 5.87. The van der Waals surface area contributed by atoms with Crippen molar-refractivity contribution in [1.29, 1.82) is 0 Å². The lowest BCUT2D eigenvalue weighted by molar-refractivity contribution is -0.144. The highest BCUT2D eigenvalue weighted by atomic mass is 19.4. The smallest absolute Gasteiger partial charge is 0.389 e. The van der Waals surface area contributed by atoms with Gasteiger partial charge in [0.05, 0.1) is 12.2 Å². The van der Waals surface area contributed by atoms with Gasteiger partial charge in [-0.2, -0.15) is 13.2 Å². The first-order chi connectivity index (χ1) is 6.26. The average Bonchev–Trinajstić information content (AvgIpc) is 1.96. The second-order valence-electron chi connectivity index (χ2n) is 3.10. The molecule has 0 aliphatic rings. The largest absolute Gasteiger partial charge is 0.512 e. The molecular weight excluding hydrogens is 197 g/mol. The molecule has 0 rings (SSSR count). The summed E-state index contributed by atoms with van der Waals surface area (Å²) in [5.74, 6) is -1.96. The average molecular weight is 210 g/mol. The molecule has 0 heterocycles. The minimum atomic E-state index is -4.32. The maximum Gasteiger partial charge on any atom is 0.389 e. The second-order valence-corrected chi connectivity index (χ2v) is 3.10. The summed E-state index contributed by atoms with van der Waals surface area (Å²) in [7, 11) is 0. The van der Waals surface area contributed by atoms with E-state index in [0.29, 0.717) is 0 Å². The van der Waals surface area contributed by atoms with Crippen LogP contribution in [0.5, 0.6) is 0 Å². The third kappa shape index (κ3) is 5.61. The monoisotopic (exact) mass is 210 g/mol. The van der Waals surface area contributed by atoms with Crippen LogP contribution in [0.2, 0.25) is 0 Å². The minimum absolute atomic E-state index is 0.148. The van der Waals surface area contributed by atoms with Crippen LogP contribution in [0.1, 0.15) is 26.7 Å². The summed E-state index contributed by atoms with van der Waals surface area (Å²) in [5.41, 5.74) is 0. The number of halogens is 3. The Hall–Kier alpha value is -1.00. The molecule has 0 aliphatic heterocycles. The summed E-state index contributed by atoms with van der Waals surface area (Å²) in [5, 5.41) is 9.18. The number of aliphatic hydroxyl groups excluding tert-OH is 1. The van der Waals surface area contributed by atoms with Gasteiger partial charge >= 0.3 is 6.18 Å². The normalized spacial score (nSPS) is 15.4. The molecule has 0 saturated heterocycles. The van der Waals surface area contributed by atoms with E-state index < -0.39 is 30.1 Å². The fraction of sp³-hybridized carbons (Fsp3) is 0.667. The zero-order valence-corrected chi connectivity index (χ0v) is 8.06. The number of ketones is 1. The molecule has 0 amide bonds. The molecule has 1 unspecified atom stereocenters. The zero-order chi connectivity index (χ0) is 11.4. The molecule has 0 radical (unpaired) electrons. The number of hydrogen-bond acceptors (Lipinski definition) is 2. The number of rotatable bonds is 4. The van der Waals surface area contributed by atoms with Crippen LogP contribution in [-0.4, -0.2) is 17.1 Å². The van der Waals surface area contributed by atoms with Gasteiger partial charge in [-0.15, -0.1) is 0 Å². The summed E-state index contributed by atoms with van der Waals surface area (Å²) < 4.78 is 35.9. The Morgan fingerprint density at radius 3 is 2.29 bits per heavy atom. The van der Waals surface area contributed by atoms with Crippen LogP contribution in [0.15, 0.2) is 11.8 Å². The Labute approximate surface area is 80.4 Å². The quantitative estimate of drug-likeness (QED) is 0.572. The van der Waals surface area contributed by atoms with Gasteiger partial charge in [0.15, 0.2) is 5.78 Å². The Kier molecular flexibility index (Phi) is 4.67. The van der Waals surface area contributed by atoms with Gasteiger partial charge in [-0.1, -0.05) is 6.92 Å². The highest BCUT2D eigenvalue weighted by Gasteiger charge is 2.32. The first-order valence-corrected chi connectivity index (χ1v) is 4.24. The van der Waals surface area contributed by atoms with Gasteiger partial charge in [-0.05, 0) is 13.3 Å². The van der Waals surface area contributed by atoms with Crippen molar-refractivity contribution < 1.29 is 23.1 Å². The van der Waals surface area contributed by atoms with Gasteiger partial charge in [-0.3, -0.25) is 4.79 Å². The van der Waals surface area contributed by atoms with Crippen LogP contribution < -0.4 is 0 Å². The lowest BCUT2D eigenvalue weighted by atomic mass is 9.99. The van der Waals surface area contributed by atoms with Crippen LogP contribution in [0, 0.1) is 5.92 Å². The first kappa shape index (κ1) is 13.0. The van der Waals surface area contributed by atoms with E-state index in [2.05, 4.69) is 0 Å². The predicted molar refractivity (Wildman–Crippen MR) is 45.8 cm³/mol. The summed E-state index contributed by atoms with van der Waals surface area (Å²) in [6.45, 7) is 2.71. The van der Waals surface area contributed by atoms with Crippen molar-refractivity contribution in [2.75, 3.05) is 0 Å². The molecule has 0 aliphatic carbocycles. The van der Waals surface area contributed by atoms with Crippen LogP contribution >= 0.6 is 0 Å². The standard InChI is InChI=1S/C9H13F3O2/c1-3-7(5-9(10,11)12)8(14)4-6(2)13/h4,7,14H,3,5H2,1-2H3. The molecule has 14 heavy (non-hydrogen) atoms. The highest BCUT2D eigenvalue weighted by Crippen LogP contribution is 2.29. The molecule has 0 aromatic heterocycles. The Bertz CT molecular complexity index is 231. The predicted octanol–water partition coefficient (Wildman–Crippen LogP) is 3.00. The van der Waals surface area contributed by atoms with Crippen molar-refractivity contribution in [1.82, 2.24) is 0 Å². The third-order valence-electron chi connectivity index (χ3n) is 1.74. The van der Waals surface area contributed by atoms with E-state index in [1.807, 2.05) is 0 Å². The molecule has 1 N–H and O–H groups in total. The SMILES string of the molecule is CCC(CC(F)(F)F)C(O)=CC(C)=O. The number of carbonyl (C=O) groups is 1. The fourth-order valence-electron chi connectivity index (χ4n) is 1.06. The summed E-state index contributed by atoms with van der Waals surface area (Å²) in [4.78, 5) is 10.5. The lowest BCUT2D eigenvalue weighted by Gasteiger charge is -2.15. The van der Waals surface area contributed by atoms with E-state index in [1.165, 1.54) is 13.8 Å². The number of hydrogen-bond donors (Lipinski definition) is 1. The van der Waals surface area contributed by atoms with Gasteiger partial charge in [-0.25, -0.2) is 0 Å². The van der Waals surface area contributed by atoms with Gasteiger partial charge in [0, 0.05) is 12.0 Å². The molecule has 2 nitrogen and oxygen atoms in total. The minimum Gasteiger partial charge on any atom is -0.512 e. The second kappa shape index (κ2) is 5.02. The Morgan fingerprint density at radius 1 is 1.50 bits per heavy atom. The Morgan fingerprint density at radius 2 is 2.00 bits per heavy atom. The van der Waals surface area contributed by atoms with Crippen LogP contribution in [0.4, 0.5) is 13.2 Å². The van der Waals surface area contributed by atoms with Crippen molar-refractivity contribution in [3.8, 4) is 0 Å². The number of alkyl halides is 3. The fourth-order valence-corrected chi connectivity index (χ4v) is 1.06. The molecule has 5 heteroatoms. The van der Waals surface area contributed by atoms with Crippen molar-refractivity contribution >= 4 is 5.78 Å². The number of aliphatic hydroxyl groups is 1. The van der Waals surface area contributed by atoms with Gasteiger partial charge in [0.1, 0.15) is 0 Å². The Balaban J connectivity index is 4.49. The van der Waals surface area contributed by atoms with E-state index in [0.717, 1.165) is 6.08 Å². The van der Waals surface area contributed by atoms with E-state index in [-0.39, 0.29) is 6.42 Å². The van der Waals surface area contributed by atoms with E-state index in [1.54, 1.807) is 0 Å². The molecular formula is C9H13F3O2. The van der Waals surface area contributed by atoms with Crippen LogP contribution in [0.3, 0.4) is 0 Å². The zero-order valence-electron chi connectivity index (χ0n) is 8.06. The molecule has 0 saturated carbocycles. The lowest BCUT2D eigenvalue weighted by Crippen LogP contribution is -2.16. The van der Waals surface area contributed by atoms with Gasteiger partial charge < -0.3 is 5.11 Å². The maximum absolute atomic E-state index is 12.0. The van der Waals surface area contributed by atoms with Crippen molar-refractivity contribution in [3.63, 3.8) is 0 Å². The summed E-state index contributed by atoms with van der Waals surface area (Å²) in [6, 6.07) is 0. The molecule has 0 aromatic carbocycles. The maximum atomic E-state index is 12.0. The number of carbonyl (C=O) groups excluding carboxylic acids is 1. The van der Waals surface area contributed by atoms with Gasteiger partial charge in [0.25, 0.3) is 0 Å². The van der Waals surface area contributed by atoms with Gasteiger partial charge in [0.2, 0.25) is 0 Å². The molecule has 1 atom stereocenters. The van der Waals surface area contributed by atoms with Crippen molar-refractivity contribution in [3.05, 3.63) is 11.8 Å². The molecule has 0 spiro atoms. The number of allylic oxidation sites excluding steroid dienone is 2. The molecule has 0 bridgehead atoms. The van der Waals surface area contributed by atoms with Crippen molar-refractivity contribution in [2.45, 2.75) is 32.9 Å². The molecule has 0 aromatic rings. The van der Waals surface area contributed by atoms with E-state index >= 15 is 0 Å². The molecule has 0 fully saturated rings. The van der Waals surface area contributed by atoms with Crippen LogP contribution in [-0.2, 0) is 4.79 Å². The first-order valence-electron chi connectivity index (χ1n) is 4.24. The third-order valence-corrected chi connectivity index (χ3v) is 1.74.